The van der Waals surface area contributed by atoms with Gasteiger partial charge in [0.2, 0.25) is 5.91 Å². The van der Waals surface area contributed by atoms with Crippen molar-refractivity contribution in [1.82, 2.24) is 10.2 Å². The first kappa shape index (κ1) is 14.6. The number of likely N-dealkylation sites (tertiary alicyclic amines) is 1. The Morgan fingerprint density at radius 1 is 1.10 bits per heavy atom. The van der Waals surface area contributed by atoms with E-state index in [1.54, 1.807) is 0 Å². The van der Waals surface area contributed by atoms with Crippen molar-refractivity contribution in [2.45, 2.75) is 56.5 Å². The molecule has 1 aromatic rings. The number of amides is 1. The summed E-state index contributed by atoms with van der Waals surface area (Å²) in [6, 6.07) is 11.9. The van der Waals surface area contributed by atoms with Crippen LogP contribution < -0.4 is 5.32 Å². The zero-order valence-electron chi connectivity index (χ0n) is 12.9. The minimum atomic E-state index is 0.288. The Labute approximate surface area is 127 Å². The Kier molecular flexibility index (Phi) is 4.59. The molecule has 0 spiro atoms. The van der Waals surface area contributed by atoms with Crippen molar-refractivity contribution in [2.75, 3.05) is 13.6 Å². The van der Waals surface area contributed by atoms with E-state index < -0.39 is 0 Å². The third-order valence-electron chi connectivity index (χ3n) is 5.07. The molecule has 0 bridgehead atoms. The van der Waals surface area contributed by atoms with Gasteiger partial charge >= 0.3 is 0 Å². The Morgan fingerprint density at radius 2 is 1.86 bits per heavy atom. The summed E-state index contributed by atoms with van der Waals surface area (Å²) in [4.78, 5) is 13.5. The molecule has 0 aromatic heterocycles. The quantitative estimate of drug-likeness (QED) is 0.926. The zero-order chi connectivity index (χ0) is 14.7. The first-order valence-electron chi connectivity index (χ1n) is 8.29. The van der Waals surface area contributed by atoms with Gasteiger partial charge in [-0.3, -0.25) is 4.79 Å². The monoisotopic (exact) mass is 286 g/mol. The molecule has 3 heteroatoms. The minimum Gasteiger partial charge on any atom is -0.344 e. The molecule has 21 heavy (non-hydrogen) atoms. The van der Waals surface area contributed by atoms with Crippen molar-refractivity contribution >= 4 is 5.91 Å². The number of nitrogens with zero attached hydrogens (tertiary/aromatic N) is 1. The maximum absolute atomic E-state index is 11.6. The largest absolute Gasteiger partial charge is 0.344 e. The lowest BCUT2D eigenvalue weighted by molar-refractivity contribution is -0.132. The molecular formula is C18H26N2O. The van der Waals surface area contributed by atoms with E-state index in [-0.39, 0.29) is 5.91 Å². The Bertz CT molecular complexity index is 473. The van der Waals surface area contributed by atoms with Gasteiger partial charge in [0.1, 0.15) is 0 Å². The summed E-state index contributed by atoms with van der Waals surface area (Å²) >= 11 is 0. The molecule has 0 radical (unpaired) electrons. The number of carbonyl (C=O) groups is 1. The van der Waals surface area contributed by atoms with Crippen molar-refractivity contribution in [1.29, 1.82) is 0 Å². The number of nitrogens with one attached hydrogen (secondary N) is 1. The van der Waals surface area contributed by atoms with E-state index in [1.165, 1.54) is 31.2 Å². The van der Waals surface area contributed by atoms with E-state index in [1.807, 2.05) is 11.9 Å². The average Bonchev–Trinajstić information content (AvgIpc) is 2.52. The van der Waals surface area contributed by atoms with E-state index in [0.29, 0.717) is 24.4 Å². The molecule has 1 aromatic carbocycles. The van der Waals surface area contributed by atoms with Crippen molar-refractivity contribution in [3.05, 3.63) is 35.9 Å². The third-order valence-corrected chi connectivity index (χ3v) is 5.07. The zero-order valence-corrected chi connectivity index (χ0v) is 12.9. The van der Waals surface area contributed by atoms with Gasteiger partial charge in [0.05, 0.1) is 0 Å². The summed E-state index contributed by atoms with van der Waals surface area (Å²) in [5.74, 6) is 0.916. The van der Waals surface area contributed by atoms with Gasteiger partial charge in [0, 0.05) is 32.1 Å². The van der Waals surface area contributed by atoms with Crippen molar-refractivity contribution in [2.24, 2.45) is 0 Å². The minimum absolute atomic E-state index is 0.288. The first-order valence-corrected chi connectivity index (χ1v) is 8.29. The number of hydrogen-bond donors (Lipinski definition) is 1. The molecule has 1 saturated carbocycles. The molecule has 1 aliphatic heterocycles. The number of rotatable bonds is 3. The number of benzene rings is 1. The molecule has 3 unspecified atom stereocenters. The summed E-state index contributed by atoms with van der Waals surface area (Å²) < 4.78 is 0. The summed E-state index contributed by atoms with van der Waals surface area (Å²) in [6.45, 7) is 0.858. The highest BCUT2D eigenvalue weighted by Crippen LogP contribution is 2.33. The Morgan fingerprint density at radius 3 is 2.62 bits per heavy atom. The van der Waals surface area contributed by atoms with Crippen LogP contribution in [-0.4, -0.2) is 36.5 Å². The SMILES string of the molecule is CN1CC(NC2CCCCC2c2ccccc2)CCC1=O. The number of hydrogen-bond acceptors (Lipinski definition) is 2. The molecule has 114 valence electrons. The van der Waals surface area contributed by atoms with E-state index in [9.17, 15) is 4.79 Å². The molecule has 1 N–H and O–H groups in total. The first-order chi connectivity index (χ1) is 10.2. The molecule has 3 atom stereocenters. The molecule has 2 aliphatic rings. The van der Waals surface area contributed by atoms with Crippen LogP contribution >= 0.6 is 0 Å². The molecule has 3 nitrogen and oxygen atoms in total. The number of carbonyl (C=O) groups excluding carboxylic acids is 1. The van der Waals surface area contributed by atoms with Gasteiger partial charge < -0.3 is 10.2 Å². The van der Waals surface area contributed by atoms with Crippen LogP contribution in [0.2, 0.25) is 0 Å². The second-order valence-corrected chi connectivity index (χ2v) is 6.58. The van der Waals surface area contributed by atoms with Crippen LogP contribution in [-0.2, 0) is 4.79 Å². The molecule has 3 rings (SSSR count). The smallest absolute Gasteiger partial charge is 0.222 e. The highest BCUT2D eigenvalue weighted by Gasteiger charge is 2.30. The fourth-order valence-corrected chi connectivity index (χ4v) is 3.88. The number of piperidine rings is 1. The van der Waals surface area contributed by atoms with Crippen molar-refractivity contribution in [3.8, 4) is 0 Å². The van der Waals surface area contributed by atoms with Crippen LogP contribution in [0.25, 0.3) is 0 Å². The lowest BCUT2D eigenvalue weighted by Gasteiger charge is -2.38. The summed E-state index contributed by atoms with van der Waals surface area (Å²) in [5.41, 5.74) is 1.47. The predicted octanol–water partition coefficient (Wildman–Crippen LogP) is 2.92. The van der Waals surface area contributed by atoms with Crippen LogP contribution in [0, 0.1) is 0 Å². The molecule has 2 fully saturated rings. The Hall–Kier alpha value is -1.35. The van der Waals surface area contributed by atoms with Crippen LogP contribution in [0.5, 0.6) is 0 Å². The molecule has 1 aliphatic carbocycles. The fourth-order valence-electron chi connectivity index (χ4n) is 3.88. The molecular weight excluding hydrogens is 260 g/mol. The fraction of sp³-hybridized carbons (Fsp3) is 0.611. The van der Waals surface area contributed by atoms with E-state index in [2.05, 4.69) is 35.6 Å². The standard InChI is InChI=1S/C18H26N2O/c1-20-13-15(11-12-18(20)21)19-17-10-6-5-9-16(17)14-7-3-2-4-8-14/h2-4,7-8,15-17,19H,5-6,9-13H2,1H3. The molecule has 1 saturated heterocycles. The van der Waals surface area contributed by atoms with Gasteiger partial charge in [0.25, 0.3) is 0 Å². The highest BCUT2D eigenvalue weighted by atomic mass is 16.2. The second-order valence-electron chi connectivity index (χ2n) is 6.58. The van der Waals surface area contributed by atoms with Gasteiger partial charge in [-0.25, -0.2) is 0 Å². The normalized spacial score (nSPS) is 30.4. The maximum Gasteiger partial charge on any atom is 0.222 e. The van der Waals surface area contributed by atoms with Gasteiger partial charge in [-0.2, -0.15) is 0 Å². The lowest BCUT2D eigenvalue weighted by Crippen LogP contribution is -2.51. The topological polar surface area (TPSA) is 32.3 Å². The summed E-state index contributed by atoms with van der Waals surface area (Å²) in [5, 5.41) is 3.86. The highest BCUT2D eigenvalue weighted by molar-refractivity contribution is 5.76. The third kappa shape index (κ3) is 3.46. The lowest BCUT2D eigenvalue weighted by atomic mass is 9.79. The molecule has 1 heterocycles. The van der Waals surface area contributed by atoms with Gasteiger partial charge in [-0.15, -0.1) is 0 Å². The van der Waals surface area contributed by atoms with Gasteiger partial charge in [-0.1, -0.05) is 43.2 Å². The predicted molar refractivity (Wildman–Crippen MR) is 85.2 cm³/mol. The number of likely N-dealkylation sites (N-methyl/N-ethyl adjacent to an activating group) is 1. The van der Waals surface area contributed by atoms with Gasteiger partial charge in [-0.05, 0) is 30.7 Å². The van der Waals surface area contributed by atoms with Crippen molar-refractivity contribution in [3.63, 3.8) is 0 Å². The van der Waals surface area contributed by atoms with Crippen LogP contribution in [0.15, 0.2) is 30.3 Å². The van der Waals surface area contributed by atoms with Crippen LogP contribution in [0.1, 0.15) is 50.0 Å². The maximum atomic E-state index is 11.6. The van der Waals surface area contributed by atoms with E-state index in [4.69, 9.17) is 0 Å². The van der Waals surface area contributed by atoms with Gasteiger partial charge in [0.15, 0.2) is 0 Å². The van der Waals surface area contributed by atoms with E-state index in [0.717, 1.165) is 13.0 Å². The molecule has 1 amide bonds. The summed E-state index contributed by atoms with van der Waals surface area (Å²) in [6.07, 6.45) is 6.87. The van der Waals surface area contributed by atoms with E-state index >= 15 is 0 Å². The van der Waals surface area contributed by atoms with Crippen LogP contribution in [0.3, 0.4) is 0 Å². The second kappa shape index (κ2) is 6.61. The average molecular weight is 286 g/mol. The summed E-state index contributed by atoms with van der Waals surface area (Å²) in [7, 11) is 1.92. The van der Waals surface area contributed by atoms with Crippen molar-refractivity contribution < 1.29 is 4.79 Å². The Balaban J connectivity index is 1.66. The van der Waals surface area contributed by atoms with Crippen LogP contribution in [0.4, 0.5) is 0 Å².